The van der Waals surface area contributed by atoms with Gasteiger partial charge in [-0.25, -0.2) is 0 Å². The molecule has 2 aliphatic rings. The molecule has 2 heterocycles. The van der Waals surface area contributed by atoms with Crippen LogP contribution in [0.1, 0.15) is 24.7 Å². The minimum atomic E-state index is -0.795. The van der Waals surface area contributed by atoms with Gasteiger partial charge in [0.25, 0.3) is 11.4 Å². The third-order valence-corrected chi connectivity index (χ3v) is 3.76. The average Bonchev–Trinajstić information content (AvgIpc) is 2.46. The number of anilines is 1. The molecule has 0 aliphatic carbocycles. The Labute approximate surface area is 125 Å². The van der Waals surface area contributed by atoms with Crippen LogP contribution < -0.4 is 4.90 Å². The number of nitrogens with zero attached hydrogens (tertiary/aromatic N) is 3. The lowest BCUT2D eigenvalue weighted by atomic mass is 10.1. The molecular formula is C13H15N3O6. The summed E-state index contributed by atoms with van der Waals surface area (Å²) in [5.41, 5.74) is -0.175. The maximum absolute atomic E-state index is 11.4. The van der Waals surface area contributed by atoms with Crippen molar-refractivity contribution in [2.75, 3.05) is 31.2 Å². The van der Waals surface area contributed by atoms with Crippen LogP contribution in [0.4, 0.5) is 17.1 Å². The van der Waals surface area contributed by atoms with Crippen LogP contribution in [0.25, 0.3) is 0 Å². The highest BCUT2D eigenvalue weighted by atomic mass is 16.7. The van der Waals surface area contributed by atoms with Crippen molar-refractivity contribution in [1.29, 1.82) is 0 Å². The fraction of sp³-hybridized carbons (Fsp3) is 0.538. The molecule has 2 aliphatic heterocycles. The Balaban J connectivity index is 2.09. The second-order valence-corrected chi connectivity index (χ2v) is 5.19. The van der Waals surface area contributed by atoms with Crippen LogP contribution in [0.5, 0.6) is 0 Å². The van der Waals surface area contributed by atoms with Gasteiger partial charge in [-0.2, -0.15) is 0 Å². The van der Waals surface area contributed by atoms with Crippen molar-refractivity contribution in [1.82, 2.24) is 0 Å². The summed E-state index contributed by atoms with van der Waals surface area (Å²) in [6.07, 6.45) is 0.800. The number of nitro benzene ring substituents is 2. The Morgan fingerprint density at radius 2 is 1.55 bits per heavy atom. The van der Waals surface area contributed by atoms with E-state index in [1.807, 2.05) is 0 Å². The molecule has 0 aromatic heterocycles. The molecule has 1 aromatic rings. The molecule has 9 nitrogen and oxygen atoms in total. The zero-order valence-electron chi connectivity index (χ0n) is 11.8. The van der Waals surface area contributed by atoms with Crippen LogP contribution in [0.2, 0.25) is 0 Å². The first-order valence-corrected chi connectivity index (χ1v) is 7.03. The molecule has 0 saturated carbocycles. The third-order valence-electron chi connectivity index (χ3n) is 3.76. The first kappa shape index (κ1) is 14.7. The SMILES string of the molecule is O=[N+]([O-])c1cc(C2OCCCO2)cc([N+](=O)[O-])c1N1CCC1. The lowest BCUT2D eigenvalue weighted by Crippen LogP contribution is -2.38. The van der Waals surface area contributed by atoms with Gasteiger partial charge in [-0.1, -0.05) is 0 Å². The van der Waals surface area contributed by atoms with Gasteiger partial charge in [-0.15, -0.1) is 0 Å². The Hall–Kier alpha value is -2.26. The first-order valence-electron chi connectivity index (χ1n) is 7.03. The van der Waals surface area contributed by atoms with E-state index in [9.17, 15) is 20.2 Å². The maximum atomic E-state index is 11.4. The number of benzene rings is 1. The minimum Gasteiger partial charge on any atom is -0.360 e. The van der Waals surface area contributed by atoms with E-state index in [1.165, 1.54) is 12.1 Å². The number of hydrogen-bond donors (Lipinski definition) is 0. The highest BCUT2D eigenvalue weighted by molar-refractivity contribution is 5.77. The van der Waals surface area contributed by atoms with E-state index >= 15 is 0 Å². The molecule has 0 unspecified atom stereocenters. The number of hydrogen-bond acceptors (Lipinski definition) is 7. The predicted molar refractivity (Wildman–Crippen MR) is 75.8 cm³/mol. The van der Waals surface area contributed by atoms with Crippen molar-refractivity contribution < 1.29 is 19.3 Å². The Kier molecular flexibility index (Phi) is 3.90. The summed E-state index contributed by atoms with van der Waals surface area (Å²) < 4.78 is 10.8. The van der Waals surface area contributed by atoms with E-state index in [4.69, 9.17) is 9.47 Å². The van der Waals surface area contributed by atoms with Crippen LogP contribution in [-0.4, -0.2) is 36.1 Å². The topological polar surface area (TPSA) is 108 Å². The van der Waals surface area contributed by atoms with E-state index < -0.39 is 16.1 Å². The Morgan fingerprint density at radius 3 is 1.95 bits per heavy atom. The number of ether oxygens (including phenoxy) is 2. The minimum absolute atomic E-state index is 0.0702. The van der Waals surface area contributed by atoms with Gasteiger partial charge in [-0.05, 0) is 12.8 Å². The molecule has 0 radical (unpaired) electrons. The van der Waals surface area contributed by atoms with Gasteiger partial charge < -0.3 is 14.4 Å². The highest BCUT2D eigenvalue weighted by Crippen LogP contribution is 2.42. The molecule has 22 heavy (non-hydrogen) atoms. The van der Waals surface area contributed by atoms with Gasteiger partial charge in [-0.3, -0.25) is 20.2 Å². The zero-order valence-corrected chi connectivity index (χ0v) is 11.8. The van der Waals surface area contributed by atoms with Crippen molar-refractivity contribution in [3.8, 4) is 0 Å². The van der Waals surface area contributed by atoms with Crippen molar-refractivity contribution in [2.24, 2.45) is 0 Å². The predicted octanol–water partition coefficient (Wildman–Crippen LogP) is 2.15. The Morgan fingerprint density at radius 1 is 1.00 bits per heavy atom. The van der Waals surface area contributed by atoms with E-state index in [-0.39, 0.29) is 17.1 Å². The molecular weight excluding hydrogens is 294 g/mol. The molecule has 1 aromatic carbocycles. The fourth-order valence-corrected chi connectivity index (χ4v) is 2.58. The molecule has 0 N–H and O–H groups in total. The summed E-state index contributed by atoms with van der Waals surface area (Å²) in [5, 5.41) is 22.7. The molecule has 2 saturated heterocycles. The van der Waals surface area contributed by atoms with Gasteiger partial charge in [0.15, 0.2) is 12.0 Å². The zero-order chi connectivity index (χ0) is 15.7. The number of rotatable bonds is 4. The van der Waals surface area contributed by atoms with Crippen molar-refractivity contribution in [3.05, 3.63) is 37.9 Å². The monoisotopic (exact) mass is 309 g/mol. The van der Waals surface area contributed by atoms with E-state index in [0.717, 1.165) is 12.8 Å². The molecule has 0 amide bonds. The fourth-order valence-electron chi connectivity index (χ4n) is 2.58. The summed E-state index contributed by atoms with van der Waals surface area (Å²) >= 11 is 0. The van der Waals surface area contributed by atoms with Crippen molar-refractivity contribution >= 4 is 17.1 Å². The highest BCUT2D eigenvalue weighted by Gasteiger charge is 2.35. The second kappa shape index (κ2) is 5.85. The molecule has 2 fully saturated rings. The van der Waals surface area contributed by atoms with Gasteiger partial charge in [0.2, 0.25) is 0 Å². The molecule has 3 rings (SSSR count). The standard InChI is InChI=1S/C13H15N3O6/c17-15(18)10-7-9(13-21-5-2-6-22-13)8-11(16(19)20)12(10)14-3-1-4-14/h7-8,13H,1-6H2. The van der Waals surface area contributed by atoms with E-state index in [2.05, 4.69) is 0 Å². The lowest BCUT2D eigenvalue weighted by molar-refractivity contribution is -0.393. The molecule has 0 atom stereocenters. The van der Waals surface area contributed by atoms with Gasteiger partial charge in [0, 0.05) is 30.8 Å². The van der Waals surface area contributed by atoms with Gasteiger partial charge >= 0.3 is 0 Å². The second-order valence-electron chi connectivity index (χ2n) is 5.19. The van der Waals surface area contributed by atoms with Crippen LogP contribution >= 0.6 is 0 Å². The van der Waals surface area contributed by atoms with E-state index in [0.29, 0.717) is 31.9 Å². The smallest absolute Gasteiger partial charge is 0.300 e. The molecule has 9 heteroatoms. The summed E-state index contributed by atoms with van der Waals surface area (Å²) in [7, 11) is 0. The Bertz CT molecular complexity index is 575. The third kappa shape index (κ3) is 2.60. The summed E-state index contributed by atoms with van der Waals surface area (Å²) in [4.78, 5) is 23.2. The quantitative estimate of drug-likeness (QED) is 0.619. The van der Waals surface area contributed by atoms with Gasteiger partial charge in [0.05, 0.1) is 23.1 Å². The average molecular weight is 309 g/mol. The van der Waals surface area contributed by atoms with Crippen molar-refractivity contribution in [2.45, 2.75) is 19.1 Å². The maximum Gasteiger partial charge on any atom is 0.300 e. The molecule has 0 bridgehead atoms. The summed E-state index contributed by atoms with van der Waals surface area (Å²) in [6, 6.07) is 2.63. The van der Waals surface area contributed by atoms with Crippen LogP contribution in [0.3, 0.4) is 0 Å². The molecule has 0 spiro atoms. The lowest BCUT2D eigenvalue weighted by Gasteiger charge is -2.32. The van der Waals surface area contributed by atoms with Crippen LogP contribution in [0, 0.1) is 20.2 Å². The van der Waals surface area contributed by atoms with E-state index in [1.54, 1.807) is 4.90 Å². The first-order chi connectivity index (χ1) is 10.6. The number of nitro groups is 2. The molecule has 118 valence electrons. The van der Waals surface area contributed by atoms with Crippen LogP contribution in [0.15, 0.2) is 12.1 Å². The van der Waals surface area contributed by atoms with Gasteiger partial charge in [0.1, 0.15) is 0 Å². The summed E-state index contributed by atoms with van der Waals surface area (Å²) in [6.45, 7) is 2.08. The van der Waals surface area contributed by atoms with Crippen LogP contribution in [-0.2, 0) is 9.47 Å². The normalized spacial score (nSPS) is 18.8. The van der Waals surface area contributed by atoms with Crippen molar-refractivity contribution in [3.63, 3.8) is 0 Å². The summed E-state index contributed by atoms with van der Waals surface area (Å²) in [5.74, 6) is 0. The largest absolute Gasteiger partial charge is 0.360 e.